The van der Waals surface area contributed by atoms with Crippen molar-refractivity contribution in [3.8, 4) is 27.9 Å². The van der Waals surface area contributed by atoms with Crippen LogP contribution in [0.1, 0.15) is 16.7 Å². The van der Waals surface area contributed by atoms with Crippen molar-refractivity contribution < 1.29 is 4.42 Å². The summed E-state index contributed by atoms with van der Waals surface area (Å²) in [5.74, 6) is 0. The molecule has 0 saturated heterocycles. The Hall–Kier alpha value is -6.84. The Balaban J connectivity index is 1.20. The highest BCUT2D eigenvalue weighted by Gasteiger charge is 2.24. The maximum absolute atomic E-state index is 6.89. The van der Waals surface area contributed by atoms with Gasteiger partial charge in [0.2, 0.25) is 0 Å². The summed E-state index contributed by atoms with van der Waals surface area (Å²) < 4.78 is 9.26. The highest BCUT2D eigenvalue weighted by atomic mass is 16.3. The monoisotopic (exact) mass is 694 g/mol. The minimum atomic E-state index is 0.871. The minimum Gasteiger partial charge on any atom is -0.455 e. The molecule has 0 fully saturated rings. The number of nitrogens with zero attached hydrogens (tertiary/aromatic N) is 2. The summed E-state index contributed by atoms with van der Waals surface area (Å²) in [6, 6.07) is 63.3. The molecule has 0 spiro atoms. The van der Waals surface area contributed by atoms with Crippen molar-refractivity contribution in [2.24, 2.45) is 0 Å². The fraction of sp³-hybridized carbons (Fsp3) is 0.0588. The third-order valence-corrected chi connectivity index (χ3v) is 10.8. The zero-order valence-electron chi connectivity index (χ0n) is 30.5. The van der Waals surface area contributed by atoms with E-state index in [1.807, 2.05) is 0 Å². The molecule has 0 aliphatic rings. The van der Waals surface area contributed by atoms with Crippen molar-refractivity contribution in [1.29, 1.82) is 0 Å². The van der Waals surface area contributed by atoms with Crippen molar-refractivity contribution in [2.75, 3.05) is 4.90 Å². The lowest BCUT2D eigenvalue weighted by molar-refractivity contribution is 0.670. The summed E-state index contributed by atoms with van der Waals surface area (Å²) in [6.07, 6.45) is 0. The number of rotatable bonds is 6. The first-order valence-corrected chi connectivity index (χ1v) is 18.6. The van der Waals surface area contributed by atoms with Crippen molar-refractivity contribution in [3.05, 3.63) is 193 Å². The molecule has 0 aliphatic heterocycles. The number of fused-ring (bicyclic) bond motifs is 6. The molecule has 0 amide bonds. The molecule has 0 saturated carbocycles. The first-order chi connectivity index (χ1) is 26.5. The summed E-state index contributed by atoms with van der Waals surface area (Å²) in [5.41, 5.74) is 16.9. The van der Waals surface area contributed by atoms with Crippen LogP contribution in [-0.4, -0.2) is 4.57 Å². The summed E-state index contributed by atoms with van der Waals surface area (Å²) in [5, 5.41) is 4.69. The van der Waals surface area contributed by atoms with Crippen LogP contribution in [0.25, 0.3) is 71.7 Å². The molecular formula is C51H38N2O. The molecule has 8 aromatic carbocycles. The van der Waals surface area contributed by atoms with E-state index in [1.54, 1.807) is 0 Å². The molecule has 3 heteroatoms. The van der Waals surface area contributed by atoms with Gasteiger partial charge in [0.15, 0.2) is 0 Å². The van der Waals surface area contributed by atoms with Crippen LogP contribution in [0.3, 0.4) is 0 Å². The topological polar surface area (TPSA) is 21.3 Å². The average Bonchev–Trinajstić information content (AvgIpc) is 3.75. The maximum Gasteiger partial charge on any atom is 0.145 e. The van der Waals surface area contributed by atoms with Crippen molar-refractivity contribution in [3.63, 3.8) is 0 Å². The van der Waals surface area contributed by atoms with E-state index < -0.39 is 0 Å². The van der Waals surface area contributed by atoms with Crippen LogP contribution in [0, 0.1) is 20.8 Å². The van der Waals surface area contributed by atoms with Crippen LogP contribution in [0.15, 0.2) is 180 Å². The van der Waals surface area contributed by atoms with E-state index in [9.17, 15) is 0 Å². The number of hydrogen-bond donors (Lipinski definition) is 0. The zero-order valence-corrected chi connectivity index (χ0v) is 30.5. The highest BCUT2D eigenvalue weighted by molar-refractivity contribution is 6.17. The second-order valence-electron chi connectivity index (χ2n) is 14.3. The van der Waals surface area contributed by atoms with Crippen LogP contribution in [0.2, 0.25) is 0 Å². The van der Waals surface area contributed by atoms with E-state index in [0.717, 1.165) is 55.8 Å². The molecule has 10 rings (SSSR count). The lowest BCUT2D eigenvalue weighted by Crippen LogP contribution is -2.11. The Morgan fingerprint density at radius 2 is 1.11 bits per heavy atom. The molecule has 2 heterocycles. The normalized spacial score (nSPS) is 11.6. The number of hydrogen-bond acceptors (Lipinski definition) is 2. The highest BCUT2D eigenvalue weighted by Crippen LogP contribution is 2.47. The quantitative estimate of drug-likeness (QED) is 0.173. The zero-order chi connectivity index (χ0) is 36.3. The van der Waals surface area contributed by atoms with E-state index >= 15 is 0 Å². The molecule has 0 unspecified atom stereocenters. The molecule has 0 aliphatic carbocycles. The van der Waals surface area contributed by atoms with Crippen LogP contribution in [0.5, 0.6) is 0 Å². The fourth-order valence-corrected chi connectivity index (χ4v) is 8.56. The van der Waals surface area contributed by atoms with E-state index in [1.165, 1.54) is 49.6 Å². The summed E-state index contributed by atoms with van der Waals surface area (Å²) in [4.78, 5) is 2.41. The number of benzene rings is 8. The smallest absolute Gasteiger partial charge is 0.145 e. The third kappa shape index (κ3) is 5.12. The maximum atomic E-state index is 6.89. The number of aromatic nitrogens is 1. The Kier molecular flexibility index (Phi) is 7.48. The first-order valence-electron chi connectivity index (χ1n) is 18.6. The fourth-order valence-electron chi connectivity index (χ4n) is 8.56. The predicted octanol–water partition coefficient (Wildman–Crippen LogP) is 14.4. The van der Waals surface area contributed by atoms with Gasteiger partial charge in [0.1, 0.15) is 11.2 Å². The van der Waals surface area contributed by atoms with Crippen LogP contribution >= 0.6 is 0 Å². The third-order valence-electron chi connectivity index (χ3n) is 10.8. The number of aryl methyl sites for hydroxylation is 3. The first kappa shape index (κ1) is 31.9. The molecule has 3 nitrogen and oxygen atoms in total. The second-order valence-corrected chi connectivity index (χ2v) is 14.3. The lowest BCUT2D eigenvalue weighted by Gasteiger charge is -2.28. The van der Waals surface area contributed by atoms with Gasteiger partial charge >= 0.3 is 0 Å². The Labute approximate surface area is 315 Å². The molecule has 54 heavy (non-hydrogen) atoms. The Morgan fingerprint density at radius 3 is 1.83 bits per heavy atom. The summed E-state index contributed by atoms with van der Waals surface area (Å²) in [7, 11) is 0. The van der Waals surface area contributed by atoms with Crippen molar-refractivity contribution in [1.82, 2.24) is 4.57 Å². The average molecular weight is 695 g/mol. The van der Waals surface area contributed by atoms with Crippen LogP contribution in [-0.2, 0) is 0 Å². The molecule has 0 bridgehead atoms. The van der Waals surface area contributed by atoms with E-state index in [4.69, 9.17) is 4.42 Å². The predicted molar refractivity (Wildman–Crippen MR) is 228 cm³/mol. The van der Waals surface area contributed by atoms with Gasteiger partial charge in [-0.1, -0.05) is 109 Å². The van der Waals surface area contributed by atoms with E-state index in [0.29, 0.717) is 0 Å². The lowest BCUT2D eigenvalue weighted by atomic mass is 9.94. The van der Waals surface area contributed by atoms with Gasteiger partial charge < -0.3 is 13.9 Å². The SMILES string of the molecule is Cc1cccc(N(c2cc(C)c(-c3ccccc3)c(C)c2)c2ccc(-c3cccc(-n4c5ccccc5c5ccccc54)c3)c3oc4ccccc4c23)c1. The van der Waals surface area contributed by atoms with Gasteiger partial charge in [0.25, 0.3) is 0 Å². The summed E-state index contributed by atoms with van der Waals surface area (Å²) >= 11 is 0. The van der Waals surface area contributed by atoms with Crippen LogP contribution < -0.4 is 4.90 Å². The largest absolute Gasteiger partial charge is 0.455 e. The molecule has 0 N–H and O–H groups in total. The summed E-state index contributed by atoms with van der Waals surface area (Å²) in [6.45, 7) is 6.61. The van der Waals surface area contributed by atoms with Crippen LogP contribution in [0.4, 0.5) is 17.1 Å². The van der Waals surface area contributed by atoms with Gasteiger partial charge in [-0.05, 0) is 121 Å². The van der Waals surface area contributed by atoms with Gasteiger partial charge in [0, 0.05) is 38.8 Å². The van der Waals surface area contributed by atoms with Gasteiger partial charge in [-0.3, -0.25) is 0 Å². The number of anilines is 3. The molecule has 0 atom stereocenters. The van der Waals surface area contributed by atoms with E-state index in [-0.39, 0.29) is 0 Å². The molecule has 0 radical (unpaired) electrons. The van der Waals surface area contributed by atoms with E-state index in [2.05, 4.69) is 206 Å². The number of para-hydroxylation sites is 3. The van der Waals surface area contributed by atoms with Gasteiger partial charge in [-0.15, -0.1) is 0 Å². The van der Waals surface area contributed by atoms with Gasteiger partial charge in [-0.25, -0.2) is 0 Å². The molecule has 258 valence electrons. The minimum absolute atomic E-state index is 0.871. The molecule has 10 aromatic rings. The second kappa shape index (κ2) is 12.7. The molecular weight excluding hydrogens is 657 g/mol. The molecule has 2 aromatic heterocycles. The van der Waals surface area contributed by atoms with Gasteiger partial charge in [0.05, 0.1) is 22.1 Å². The Bertz CT molecular complexity index is 2960. The Morgan fingerprint density at radius 1 is 0.481 bits per heavy atom. The standard InChI is InChI=1S/C51H38N2O/c1-33-15-13-19-38(29-33)52(40-30-34(2)49(35(3)31-40)36-16-5-4-6-17-36)47-28-27-41(51-50(47)44-23-9-12-26-48(44)54-51)37-18-14-20-39(32-37)53-45-24-10-7-21-42(45)43-22-8-11-25-46(43)53/h4-32H,1-3H3. The van der Waals surface area contributed by atoms with Gasteiger partial charge in [-0.2, -0.15) is 0 Å². The number of furan rings is 1. The van der Waals surface area contributed by atoms with Crippen molar-refractivity contribution in [2.45, 2.75) is 20.8 Å². The van der Waals surface area contributed by atoms with Crippen molar-refractivity contribution >= 4 is 60.8 Å².